The number of fused-ring (bicyclic) bond motifs is 1. The fraction of sp³-hybridized carbons (Fsp3) is 0.0800. The number of imidazole rings is 1. The molecule has 0 aliphatic heterocycles. The monoisotopic (exact) mass is 440 g/mol. The maximum Gasteiger partial charge on any atom is 0.255 e. The minimum Gasteiger partial charge on any atom is -0.487 e. The molecule has 2 aromatic carbocycles. The molecular weight excluding hydrogens is 420 g/mol. The molecule has 0 saturated heterocycles. The van der Waals surface area contributed by atoms with Gasteiger partial charge in [-0.2, -0.15) is 0 Å². The van der Waals surface area contributed by atoms with E-state index in [2.05, 4.69) is 15.3 Å². The topological polar surface area (TPSA) is 68.5 Å². The summed E-state index contributed by atoms with van der Waals surface area (Å²) in [6, 6.07) is 20.7. The van der Waals surface area contributed by atoms with E-state index in [-0.39, 0.29) is 5.91 Å². The van der Waals surface area contributed by atoms with Crippen LogP contribution in [0.3, 0.4) is 0 Å². The molecule has 32 heavy (non-hydrogen) atoms. The molecule has 0 fully saturated rings. The van der Waals surface area contributed by atoms with Crippen LogP contribution in [0.2, 0.25) is 0 Å². The Morgan fingerprint density at radius 1 is 1.06 bits per heavy atom. The van der Waals surface area contributed by atoms with E-state index in [0.29, 0.717) is 23.6 Å². The zero-order valence-corrected chi connectivity index (χ0v) is 18.2. The van der Waals surface area contributed by atoms with E-state index in [1.807, 2.05) is 83.7 Å². The van der Waals surface area contributed by atoms with E-state index in [0.717, 1.165) is 27.6 Å². The van der Waals surface area contributed by atoms with Gasteiger partial charge >= 0.3 is 0 Å². The number of nitrogens with one attached hydrogen (secondary N) is 1. The number of amides is 1. The van der Waals surface area contributed by atoms with Crippen molar-refractivity contribution < 1.29 is 9.53 Å². The fourth-order valence-corrected chi connectivity index (χ4v) is 4.02. The van der Waals surface area contributed by atoms with Crippen LogP contribution in [0.4, 0.5) is 5.69 Å². The van der Waals surface area contributed by atoms with Crippen LogP contribution >= 0.6 is 11.3 Å². The van der Waals surface area contributed by atoms with Crippen molar-refractivity contribution in [3.8, 4) is 17.0 Å². The van der Waals surface area contributed by atoms with Gasteiger partial charge in [0.2, 0.25) is 0 Å². The lowest BCUT2D eigenvalue weighted by Gasteiger charge is -2.09. The van der Waals surface area contributed by atoms with E-state index >= 15 is 0 Å². The van der Waals surface area contributed by atoms with E-state index in [9.17, 15) is 4.79 Å². The summed E-state index contributed by atoms with van der Waals surface area (Å²) in [7, 11) is 0. The summed E-state index contributed by atoms with van der Waals surface area (Å²) in [5, 5.41) is 5.98. The SMILES string of the molecule is Cc1nc(-c2cccc(NC(=O)c3cccc(OCc4cn5ccccc5n4)c3)c2)cs1. The lowest BCUT2D eigenvalue weighted by molar-refractivity contribution is 0.102. The van der Waals surface area contributed by atoms with Crippen LogP contribution in [0.1, 0.15) is 21.1 Å². The van der Waals surface area contributed by atoms with Gasteiger partial charge in [-0.3, -0.25) is 4.79 Å². The summed E-state index contributed by atoms with van der Waals surface area (Å²) < 4.78 is 7.83. The number of pyridine rings is 1. The molecule has 0 saturated carbocycles. The molecule has 3 aromatic heterocycles. The average Bonchev–Trinajstić information content (AvgIpc) is 3.44. The van der Waals surface area contributed by atoms with E-state index < -0.39 is 0 Å². The molecule has 0 bridgehead atoms. The molecule has 0 aliphatic carbocycles. The lowest BCUT2D eigenvalue weighted by Crippen LogP contribution is -2.12. The van der Waals surface area contributed by atoms with E-state index in [1.165, 1.54) is 0 Å². The van der Waals surface area contributed by atoms with Crippen LogP contribution in [-0.4, -0.2) is 20.3 Å². The van der Waals surface area contributed by atoms with Crippen molar-refractivity contribution in [2.24, 2.45) is 0 Å². The number of rotatable bonds is 6. The number of carbonyl (C=O) groups is 1. The molecule has 0 atom stereocenters. The fourth-order valence-electron chi connectivity index (χ4n) is 3.40. The second-order valence-corrected chi connectivity index (χ2v) is 8.36. The Labute approximate surface area is 189 Å². The van der Waals surface area contributed by atoms with Crippen LogP contribution in [0, 0.1) is 6.92 Å². The highest BCUT2D eigenvalue weighted by atomic mass is 32.1. The summed E-state index contributed by atoms with van der Waals surface area (Å²) in [6.07, 6.45) is 3.88. The first kappa shape index (κ1) is 20.0. The normalized spacial score (nSPS) is 10.9. The van der Waals surface area contributed by atoms with Gasteiger partial charge in [-0.1, -0.05) is 24.3 Å². The molecule has 5 aromatic rings. The second-order valence-electron chi connectivity index (χ2n) is 7.30. The second kappa shape index (κ2) is 8.64. The van der Waals surface area contributed by atoms with Gasteiger partial charge in [0.1, 0.15) is 18.0 Å². The maximum atomic E-state index is 12.8. The van der Waals surface area contributed by atoms with Gasteiger partial charge < -0.3 is 14.5 Å². The third kappa shape index (κ3) is 4.38. The number of aryl methyl sites for hydroxylation is 1. The molecule has 158 valence electrons. The number of hydrogen-bond donors (Lipinski definition) is 1. The van der Waals surface area contributed by atoms with Crippen molar-refractivity contribution in [2.75, 3.05) is 5.32 Å². The third-order valence-electron chi connectivity index (χ3n) is 4.93. The zero-order valence-electron chi connectivity index (χ0n) is 17.4. The summed E-state index contributed by atoms with van der Waals surface area (Å²) in [6.45, 7) is 2.30. The number of hydrogen-bond acceptors (Lipinski definition) is 5. The minimum atomic E-state index is -0.199. The molecule has 0 unspecified atom stereocenters. The van der Waals surface area contributed by atoms with Crippen molar-refractivity contribution in [1.82, 2.24) is 14.4 Å². The molecule has 0 aliphatic rings. The third-order valence-corrected chi connectivity index (χ3v) is 5.71. The van der Waals surface area contributed by atoms with E-state index in [4.69, 9.17) is 4.74 Å². The highest BCUT2D eigenvalue weighted by molar-refractivity contribution is 7.09. The Morgan fingerprint density at radius 3 is 2.81 bits per heavy atom. The highest BCUT2D eigenvalue weighted by Crippen LogP contribution is 2.25. The van der Waals surface area contributed by atoms with Crippen LogP contribution in [0.5, 0.6) is 5.75 Å². The number of nitrogens with zero attached hydrogens (tertiary/aromatic N) is 3. The van der Waals surface area contributed by atoms with Gasteiger partial charge in [-0.15, -0.1) is 11.3 Å². The van der Waals surface area contributed by atoms with Crippen LogP contribution in [0.25, 0.3) is 16.9 Å². The molecular formula is C25H20N4O2S. The number of anilines is 1. The van der Waals surface area contributed by atoms with Gasteiger partial charge in [-0.25, -0.2) is 9.97 Å². The van der Waals surface area contributed by atoms with Gasteiger partial charge in [0.25, 0.3) is 5.91 Å². The average molecular weight is 441 g/mol. The smallest absolute Gasteiger partial charge is 0.255 e. The molecule has 1 N–H and O–H groups in total. The van der Waals surface area contributed by atoms with Crippen molar-refractivity contribution in [1.29, 1.82) is 0 Å². The predicted molar refractivity (Wildman–Crippen MR) is 126 cm³/mol. The Balaban J connectivity index is 1.27. The molecule has 7 heteroatoms. The number of ether oxygens (including phenoxy) is 1. The first-order chi connectivity index (χ1) is 15.6. The number of aromatic nitrogens is 3. The van der Waals surface area contributed by atoms with Gasteiger partial charge in [0.05, 0.1) is 16.4 Å². The standard InChI is InChI=1S/C25H20N4O2S/c1-17-26-23(16-32-17)18-6-4-8-20(12-18)28-25(30)19-7-5-9-22(13-19)31-15-21-14-29-11-3-2-10-24(29)27-21/h2-14,16H,15H2,1H3,(H,28,30). The minimum absolute atomic E-state index is 0.199. The van der Waals surface area contributed by atoms with Crippen LogP contribution in [-0.2, 0) is 6.61 Å². The summed E-state index contributed by atoms with van der Waals surface area (Å²) in [5.74, 6) is 0.413. The largest absolute Gasteiger partial charge is 0.487 e. The Morgan fingerprint density at radius 2 is 1.97 bits per heavy atom. The first-order valence-electron chi connectivity index (χ1n) is 10.1. The summed E-state index contributed by atoms with van der Waals surface area (Å²) in [4.78, 5) is 21.9. The number of benzene rings is 2. The molecule has 6 nitrogen and oxygen atoms in total. The van der Waals surface area contributed by atoms with Gasteiger partial charge in [-0.05, 0) is 49.4 Å². The molecule has 0 spiro atoms. The van der Waals surface area contributed by atoms with Crippen molar-refractivity contribution in [2.45, 2.75) is 13.5 Å². The lowest BCUT2D eigenvalue weighted by atomic mass is 10.1. The van der Waals surface area contributed by atoms with Crippen molar-refractivity contribution in [3.05, 3.63) is 101 Å². The highest BCUT2D eigenvalue weighted by Gasteiger charge is 2.10. The molecule has 1 amide bonds. The van der Waals surface area contributed by atoms with Crippen LogP contribution in [0.15, 0.2) is 84.5 Å². The molecule has 5 rings (SSSR count). The Hall–Kier alpha value is -3.97. The number of thiazole rings is 1. The van der Waals surface area contributed by atoms with Crippen molar-refractivity contribution >= 4 is 28.6 Å². The summed E-state index contributed by atoms with van der Waals surface area (Å²) >= 11 is 1.60. The first-order valence-corrected chi connectivity index (χ1v) is 11.0. The van der Waals surface area contributed by atoms with Crippen molar-refractivity contribution in [3.63, 3.8) is 0 Å². The van der Waals surface area contributed by atoms with E-state index in [1.54, 1.807) is 23.5 Å². The van der Waals surface area contributed by atoms with Gasteiger partial charge in [0.15, 0.2) is 0 Å². The molecule has 0 radical (unpaired) electrons. The zero-order chi connectivity index (χ0) is 21.9. The summed E-state index contributed by atoms with van der Waals surface area (Å²) in [5.41, 5.74) is 4.80. The maximum absolute atomic E-state index is 12.8. The quantitative estimate of drug-likeness (QED) is 0.373. The molecule has 3 heterocycles. The number of carbonyl (C=O) groups excluding carboxylic acids is 1. The Bertz CT molecular complexity index is 1370. The van der Waals surface area contributed by atoms with Crippen LogP contribution < -0.4 is 10.1 Å². The Kier molecular flexibility index (Phi) is 5.39. The predicted octanol–water partition coefficient (Wildman–Crippen LogP) is 5.60. The van der Waals surface area contributed by atoms with Gasteiger partial charge in [0, 0.05) is 34.6 Å².